The molecule has 2 aliphatic heterocycles. The third-order valence-electron chi connectivity index (χ3n) is 2.76. The van der Waals surface area contributed by atoms with E-state index in [2.05, 4.69) is 12.2 Å². The minimum absolute atomic E-state index is 0.0128. The lowest BCUT2D eigenvalue weighted by molar-refractivity contribution is -0.116. The van der Waals surface area contributed by atoms with Crippen molar-refractivity contribution < 1.29 is 9.47 Å². The minimum atomic E-state index is 0.0128. The van der Waals surface area contributed by atoms with Crippen LogP contribution in [0.15, 0.2) is 0 Å². The van der Waals surface area contributed by atoms with Gasteiger partial charge in [0.1, 0.15) is 5.60 Å². The summed E-state index contributed by atoms with van der Waals surface area (Å²) in [5.74, 6) is 0. The Morgan fingerprint density at radius 3 is 3.17 bits per heavy atom. The monoisotopic (exact) mass is 171 g/mol. The second kappa shape index (κ2) is 3.32. The van der Waals surface area contributed by atoms with Crippen LogP contribution in [0.2, 0.25) is 0 Å². The van der Waals surface area contributed by atoms with Gasteiger partial charge in [-0.3, -0.25) is 0 Å². The average Bonchev–Trinajstić information content (AvgIpc) is 2.53. The number of rotatable bonds is 1. The standard InChI is InChI=1S/C9H17NO2/c1-2-8-5-10-6-9(12-8)3-4-11-7-9/h8,10H,2-7H2,1H3. The number of hydrogen-bond donors (Lipinski definition) is 1. The molecule has 2 heterocycles. The van der Waals surface area contributed by atoms with E-state index in [4.69, 9.17) is 9.47 Å². The summed E-state index contributed by atoms with van der Waals surface area (Å²) in [7, 11) is 0. The summed E-state index contributed by atoms with van der Waals surface area (Å²) in [6.45, 7) is 5.76. The molecule has 0 aromatic carbocycles. The molecule has 1 spiro atoms. The van der Waals surface area contributed by atoms with Crippen molar-refractivity contribution in [3.05, 3.63) is 0 Å². The molecule has 1 N–H and O–H groups in total. The molecule has 3 nitrogen and oxygen atoms in total. The predicted octanol–water partition coefficient (Wildman–Crippen LogP) is 0.544. The molecule has 0 aromatic heterocycles. The molecule has 0 radical (unpaired) electrons. The van der Waals surface area contributed by atoms with Gasteiger partial charge in [-0.25, -0.2) is 0 Å². The maximum atomic E-state index is 6.00. The second-order valence-electron chi connectivity index (χ2n) is 3.76. The van der Waals surface area contributed by atoms with Gasteiger partial charge in [-0.2, -0.15) is 0 Å². The Hall–Kier alpha value is -0.120. The number of nitrogens with one attached hydrogen (secondary N) is 1. The lowest BCUT2D eigenvalue weighted by atomic mass is 10.0. The van der Waals surface area contributed by atoms with E-state index in [1.165, 1.54) is 0 Å². The summed E-state index contributed by atoms with van der Waals surface area (Å²) in [6, 6.07) is 0. The summed E-state index contributed by atoms with van der Waals surface area (Å²) in [5.41, 5.74) is 0.0128. The predicted molar refractivity (Wildman–Crippen MR) is 46.2 cm³/mol. The van der Waals surface area contributed by atoms with Gasteiger partial charge in [0.15, 0.2) is 0 Å². The highest BCUT2D eigenvalue weighted by atomic mass is 16.6. The molecule has 0 saturated carbocycles. The van der Waals surface area contributed by atoms with E-state index >= 15 is 0 Å². The normalized spacial score (nSPS) is 42.2. The van der Waals surface area contributed by atoms with Crippen LogP contribution >= 0.6 is 0 Å². The first-order valence-electron chi connectivity index (χ1n) is 4.81. The maximum Gasteiger partial charge on any atom is 0.106 e. The first kappa shape index (κ1) is 8.48. The highest BCUT2D eigenvalue weighted by molar-refractivity contribution is 4.91. The topological polar surface area (TPSA) is 30.5 Å². The minimum Gasteiger partial charge on any atom is -0.378 e. The van der Waals surface area contributed by atoms with Crippen molar-refractivity contribution in [1.29, 1.82) is 0 Å². The molecule has 70 valence electrons. The quantitative estimate of drug-likeness (QED) is 0.624. The molecule has 0 bridgehead atoms. The van der Waals surface area contributed by atoms with E-state index in [-0.39, 0.29) is 5.60 Å². The molecule has 2 aliphatic rings. The smallest absolute Gasteiger partial charge is 0.106 e. The largest absolute Gasteiger partial charge is 0.378 e. The van der Waals surface area contributed by atoms with Crippen molar-refractivity contribution in [1.82, 2.24) is 5.32 Å². The van der Waals surface area contributed by atoms with Crippen molar-refractivity contribution in [2.75, 3.05) is 26.3 Å². The summed E-state index contributed by atoms with van der Waals surface area (Å²) < 4.78 is 11.4. The van der Waals surface area contributed by atoms with Crippen molar-refractivity contribution in [2.45, 2.75) is 31.5 Å². The molecule has 0 aliphatic carbocycles. The van der Waals surface area contributed by atoms with E-state index in [9.17, 15) is 0 Å². The molecule has 2 rings (SSSR count). The zero-order valence-corrected chi connectivity index (χ0v) is 7.64. The molecular weight excluding hydrogens is 154 g/mol. The molecule has 0 amide bonds. The Balaban J connectivity index is 1.97. The van der Waals surface area contributed by atoms with Gasteiger partial charge < -0.3 is 14.8 Å². The Bertz CT molecular complexity index is 155. The van der Waals surface area contributed by atoms with E-state index in [0.29, 0.717) is 6.10 Å². The third-order valence-corrected chi connectivity index (χ3v) is 2.76. The zero-order chi connectivity index (χ0) is 8.44. The lowest BCUT2D eigenvalue weighted by Crippen LogP contribution is -2.54. The second-order valence-corrected chi connectivity index (χ2v) is 3.76. The van der Waals surface area contributed by atoms with Crippen LogP contribution in [0.4, 0.5) is 0 Å². The fourth-order valence-corrected chi connectivity index (χ4v) is 1.95. The Morgan fingerprint density at radius 1 is 1.58 bits per heavy atom. The van der Waals surface area contributed by atoms with Crippen molar-refractivity contribution in [2.24, 2.45) is 0 Å². The van der Waals surface area contributed by atoms with Crippen molar-refractivity contribution in [3.63, 3.8) is 0 Å². The van der Waals surface area contributed by atoms with Crippen LogP contribution in [-0.2, 0) is 9.47 Å². The average molecular weight is 171 g/mol. The maximum absolute atomic E-state index is 6.00. The van der Waals surface area contributed by atoms with Crippen LogP contribution in [0.3, 0.4) is 0 Å². The Morgan fingerprint density at radius 2 is 2.50 bits per heavy atom. The van der Waals surface area contributed by atoms with Gasteiger partial charge in [0.2, 0.25) is 0 Å². The van der Waals surface area contributed by atoms with E-state index in [1.54, 1.807) is 0 Å². The number of morpholine rings is 1. The summed E-state index contributed by atoms with van der Waals surface area (Å²) in [5, 5.41) is 3.41. The third kappa shape index (κ3) is 1.49. The fourth-order valence-electron chi connectivity index (χ4n) is 1.95. The Labute approximate surface area is 73.4 Å². The van der Waals surface area contributed by atoms with Gasteiger partial charge in [-0.15, -0.1) is 0 Å². The molecule has 3 heteroatoms. The molecule has 2 saturated heterocycles. The molecule has 12 heavy (non-hydrogen) atoms. The van der Waals surface area contributed by atoms with Crippen molar-refractivity contribution >= 4 is 0 Å². The number of ether oxygens (including phenoxy) is 2. The summed E-state index contributed by atoms with van der Waals surface area (Å²) >= 11 is 0. The van der Waals surface area contributed by atoms with Crippen LogP contribution in [0.5, 0.6) is 0 Å². The first-order chi connectivity index (χ1) is 5.85. The van der Waals surface area contributed by atoms with E-state index < -0.39 is 0 Å². The first-order valence-corrected chi connectivity index (χ1v) is 4.81. The number of hydrogen-bond acceptors (Lipinski definition) is 3. The summed E-state index contributed by atoms with van der Waals surface area (Å²) in [4.78, 5) is 0. The summed E-state index contributed by atoms with van der Waals surface area (Å²) in [6.07, 6.45) is 2.53. The van der Waals surface area contributed by atoms with Gasteiger partial charge in [0, 0.05) is 26.1 Å². The van der Waals surface area contributed by atoms with Crippen LogP contribution in [0.1, 0.15) is 19.8 Å². The van der Waals surface area contributed by atoms with E-state index in [0.717, 1.165) is 39.1 Å². The lowest BCUT2D eigenvalue weighted by Gasteiger charge is -2.37. The molecular formula is C9H17NO2. The van der Waals surface area contributed by atoms with E-state index in [1.807, 2.05) is 0 Å². The van der Waals surface area contributed by atoms with Gasteiger partial charge in [-0.1, -0.05) is 6.92 Å². The molecule has 0 aromatic rings. The molecule has 2 atom stereocenters. The zero-order valence-electron chi connectivity index (χ0n) is 7.64. The fraction of sp³-hybridized carbons (Fsp3) is 1.00. The SMILES string of the molecule is CCC1CNCC2(CCOC2)O1. The Kier molecular flexibility index (Phi) is 2.35. The molecule has 2 fully saturated rings. The van der Waals surface area contributed by atoms with Crippen LogP contribution < -0.4 is 5.32 Å². The van der Waals surface area contributed by atoms with Gasteiger partial charge >= 0.3 is 0 Å². The van der Waals surface area contributed by atoms with Crippen LogP contribution in [-0.4, -0.2) is 38.0 Å². The highest BCUT2D eigenvalue weighted by Gasteiger charge is 2.40. The van der Waals surface area contributed by atoms with Crippen molar-refractivity contribution in [3.8, 4) is 0 Å². The highest BCUT2D eigenvalue weighted by Crippen LogP contribution is 2.27. The van der Waals surface area contributed by atoms with Crippen LogP contribution in [0, 0.1) is 0 Å². The van der Waals surface area contributed by atoms with Crippen LogP contribution in [0.25, 0.3) is 0 Å². The van der Waals surface area contributed by atoms with Gasteiger partial charge in [-0.05, 0) is 6.42 Å². The van der Waals surface area contributed by atoms with Gasteiger partial charge in [0.05, 0.1) is 12.7 Å². The molecule has 2 unspecified atom stereocenters. The van der Waals surface area contributed by atoms with Gasteiger partial charge in [0.25, 0.3) is 0 Å².